The molecule has 130 valence electrons. The highest BCUT2D eigenvalue weighted by molar-refractivity contribution is 5.71. The molecule has 0 aliphatic carbocycles. The van der Waals surface area contributed by atoms with Crippen molar-refractivity contribution in [2.24, 2.45) is 0 Å². The maximum atomic E-state index is 11.8. The van der Waals surface area contributed by atoms with Crippen LogP contribution in [0, 0.1) is 0 Å². The Labute approximate surface area is 135 Å². The Bertz CT molecular complexity index is 277. The van der Waals surface area contributed by atoms with Gasteiger partial charge in [-0.1, -0.05) is 52.4 Å². The van der Waals surface area contributed by atoms with Crippen LogP contribution in [-0.2, 0) is 14.3 Å². The number of carbonyl (C=O) groups is 2. The van der Waals surface area contributed by atoms with Gasteiger partial charge >= 0.3 is 11.9 Å². The van der Waals surface area contributed by atoms with Crippen LogP contribution in [-0.4, -0.2) is 23.1 Å². The van der Waals surface area contributed by atoms with Gasteiger partial charge in [-0.25, -0.2) is 0 Å². The fourth-order valence-electron chi connectivity index (χ4n) is 2.49. The normalized spacial score (nSPS) is 10.9. The number of hydrogen-bond donors (Lipinski definition) is 1. The average molecular weight is 314 g/mol. The highest BCUT2D eigenvalue weighted by Gasteiger charge is 2.14. The number of unbranched alkanes of at least 4 members (excludes halogenated alkanes) is 6. The summed E-state index contributed by atoms with van der Waals surface area (Å²) in [7, 11) is 0. The van der Waals surface area contributed by atoms with Crippen LogP contribution in [0.25, 0.3) is 0 Å². The Morgan fingerprint density at radius 2 is 1.36 bits per heavy atom. The highest BCUT2D eigenvalue weighted by Crippen LogP contribution is 2.16. The standard InChI is InChI=1S/C18H34O4/c1-3-5-7-9-12-16(13-10-8-6-4-2)22-18(21)15-11-14-17(19)20/h16H,3-15H2,1-2H3,(H,19,20). The lowest BCUT2D eigenvalue weighted by Crippen LogP contribution is -2.18. The van der Waals surface area contributed by atoms with E-state index in [1.54, 1.807) is 0 Å². The summed E-state index contributed by atoms with van der Waals surface area (Å²) in [6, 6.07) is 0. The van der Waals surface area contributed by atoms with Crippen molar-refractivity contribution >= 4 is 11.9 Å². The van der Waals surface area contributed by atoms with Gasteiger partial charge in [-0.05, 0) is 32.1 Å². The summed E-state index contributed by atoms with van der Waals surface area (Å²) in [5.74, 6) is -1.10. The van der Waals surface area contributed by atoms with Crippen molar-refractivity contribution in [2.75, 3.05) is 0 Å². The van der Waals surface area contributed by atoms with Gasteiger partial charge in [0.1, 0.15) is 6.10 Å². The van der Waals surface area contributed by atoms with E-state index in [0.29, 0.717) is 6.42 Å². The Kier molecular flexibility index (Phi) is 14.1. The van der Waals surface area contributed by atoms with Gasteiger partial charge in [0, 0.05) is 12.8 Å². The molecule has 1 N–H and O–H groups in total. The van der Waals surface area contributed by atoms with Gasteiger partial charge in [-0.15, -0.1) is 0 Å². The molecule has 0 unspecified atom stereocenters. The Balaban J connectivity index is 4.01. The van der Waals surface area contributed by atoms with E-state index in [1.807, 2.05) is 0 Å². The maximum Gasteiger partial charge on any atom is 0.306 e. The van der Waals surface area contributed by atoms with Gasteiger partial charge < -0.3 is 9.84 Å². The third kappa shape index (κ3) is 13.9. The predicted molar refractivity (Wildman–Crippen MR) is 88.9 cm³/mol. The number of carboxylic acids is 1. The van der Waals surface area contributed by atoms with E-state index in [2.05, 4.69) is 13.8 Å². The van der Waals surface area contributed by atoms with Crippen molar-refractivity contribution in [3.05, 3.63) is 0 Å². The molecule has 0 aliphatic rings. The molecule has 0 aliphatic heterocycles. The minimum Gasteiger partial charge on any atom is -0.481 e. The number of aliphatic carboxylic acids is 1. The summed E-state index contributed by atoms with van der Waals surface area (Å²) in [5.41, 5.74) is 0. The SMILES string of the molecule is CCCCCCC(CCCCCC)OC(=O)CCCC(=O)O. The Hall–Kier alpha value is -1.06. The van der Waals surface area contributed by atoms with Gasteiger partial charge in [-0.2, -0.15) is 0 Å². The van der Waals surface area contributed by atoms with Crippen molar-refractivity contribution in [2.45, 2.75) is 103 Å². The van der Waals surface area contributed by atoms with E-state index in [-0.39, 0.29) is 24.9 Å². The molecule has 0 fully saturated rings. The van der Waals surface area contributed by atoms with Crippen LogP contribution in [0.3, 0.4) is 0 Å². The Morgan fingerprint density at radius 1 is 0.818 bits per heavy atom. The zero-order chi connectivity index (χ0) is 16.6. The van der Waals surface area contributed by atoms with Crippen LogP contribution < -0.4 is 0 Å². The van der Waals surface area contributed by atoms with Crippen LogP contribution in [0.4, 0.5) is 0 Å². The molecule has 0 aromatic carbocycles. The van der Waals surface area contributed by atoms with Crippen molar-refractivity contribution in [3.63, 3.8) is 0 Å². The molecule has 0 saturated carbocycles. The molecular weight excluding hydrogens is 280 g/mol. The van der Waals surface area contributed by atoms with E-state index in [9.17, 15) is 9.59 Å². The molecule has 0 saturated heterocycles. The number of ether oxygens (including phenoxy) is 1. The molecule has 0 aromatic heterocycles. The molecule has 0 aromatic rings. The van der Waals surface area contributed by atoms with Crippen LogP contribution in [0.5, 0.6) is 0 Å². The lowest BCUT2D eigenvalue weighted by atomic mass is 10.0. The predicted octanol–water partition coefficient (Wildman–Crippen LogP) is 5.09. The summed E-state index contributed by atoms with van der Waals surface area (Å²) < 4.78 is 5.56. The van der Waals surface area contributed by atoms with E-state index in [4.69, 9.17) is 9.84 Å². The van der Waals surface area contributed by atoms with Crippen LogP contribution in [0.1, 0.15) is 97.3 Å². The molecule has 4 heteroatoms. The first-order valence-corrected chi connectivity index (χ1v) is 9.01. The van der Waals surface area contributed by atoms with Crippen molar-refractivity contribution in [1.82, 2.24) is 0 Å². The van der Waals surface area contributed by atoms with Gasteiger partial charge in [0.2, 0.25) is 0 Å². The Morgan fingerprint density at radius 3 is 1.82 bits per heavy atom. The van der Waals surface area contributed by atoms with Crippen molar-refractivity contribution < 1.29 is 19.4 Å². The largest absolute Gasteiger partial charge is 0.481 e. The van der Waals surface area contributed by atoms with Crippen molar-refractivity contribution in [1.29, 1.82) is 0 Å². The molecule has 0 atom stereocenters. The molecule has 4 nitrogen and oxygen atoms in total. The number of rotatable bonds is 15. The van der Waals surface area contributed by atoms with Gasteiger partial charge in [-0.3, -0.25) is 9.59 Å². The minimum atomic E-state index is -0.858. The number of carbonyl (C=O) groups excluding carboxylic acids is 1. The maximum absolute atomic E-state index is 11.8. The second-order valence-electron chi connectivity index (χ2n) is 6.06. The second-order valence-corrected chi connectivity index (χ2v) is 6.06. The molecule has 0 amide bonds. The number of hydrogen-bond acceptors (Lipinski definition) is 3. The molecule has 0 spiro atoms. The molecular formula is C18H34O4. The third-order valence-corrected chi connectivity index (χ3v) is 3.83. The summed E-state index contributed by atoms with van der Waals surface area (Å²) in [4.78, 5) is 22.3. The molecule has 0 radical (unpaired) electrons. The quantitative estimate of drug-likeness (QED) is 0.337. The summed E-state index contributed by atoms with van der Waals surface area (Å²) in [6.07, 6.45) is 12.0. The monoisotopic (exact) mass is 314 g/mol. The van der Waals surface area contributed by atoms with Gasteiger partial charge in [0.15, 0.2) is 0 Å². The average Bonchev–Trinajstić information content (AvgIpc) is 2.47. The summed E-state index contributed by atoms with van der Waals surface area (Å²) >= 11 is 0. The van der Waals surface area contributed by atoms with Crippen LogP contribution in [0.2, 0.25) is 0 Å². The van der Waals surface area contributed by atoms with E-state index < -0.39 is 5.97 Å². The first kappa shape index (κ1) is 20.9. The van der Waals surface area contributed by atoms with Crippen LogP contribution >= 0.6 is 0 Å². The molecule has 0 bridgehead atoms. The molecule has 0 heterocycles. The fraction of sp³-hybridized carbons (Fsp3) is 0.889. The van der Waals surface area contributed by atoms with E-state index in [1.165, 1.54) is 38.5 Å². The topological polar surface area (TPSA) is 63.6 Å². The van der Waals surface area contributed by atoms with E-state index >= 15 is 0 Å². The van der Waals surface area contributed by atoms with Gasteiger partial charge in [0.05, 0.1) is 0 Å². The van der Waals surface area contributed by atoms with Gasteiger partial charge in [0.25, 0.3) is 0 Å². The zero-order valence-corrected chi connectivity index (χ0v) is 14.4. The van der Waals surface area contributed by atoms with Crippen LogP contribution in [0.15, 0.2) is 0 Å². The second kappa shape index (κ2) is 14.9. The smallest absolute Gasteiger partial charge is 0.306 e. The lowest BCUT2D eigenvalue weighted by molar-refractivity contribution is -0.150. The summed E-state index contributed by atoms with van der Waals surface area (Å²) in [6.45, 7) is 4.37. The summed E-state index contributed by atoms with van der Waals surface area (Å²) in [5, 5.41) is 8.59. The van der Waals surface area contributed by atoms with Crippen molar-refractivity contribution in [3.8, 4) is 0 Å². The number of carboxylic acid groups (broad SMARTS) is 1. The third-order valence-electron chi connectivity index (χ3n) is 3.83. The molecule has 0 rings (SSSR count). The van der Waals surface area contributed by atoms with E-state index in [0.717, 1.165) is 25.7 Å². The minimum absolute atomic E-state index is 0.0195. The lowest BCUT2D eigenvalue weighted by Gasteiger charge is -2.18. The number of esters is 1. The highest BCUT2D eigenvalue weighted by atomic mass is 16.5. The fourth-order valence-corrected chi connectivity index (χ4v) is 2.49. The first-order chi connectivity index (χ1) is 10.6. The molecule has 22 heavy (non-hydrogen) atoms. The zero-order valence-electron chi connectivity index (χ0n) is 14.4. The first-order valence-electron chi connectivity index (χ1n) is 9.01.